The number of hydrogen-bond acceptors (Lipinski definition) is 7. The molecule has 154 valence electrons. The molecule has 0 atom stereocenters. The third kappa shape index (κ3) is 3.87. The van der Waals surface area contributed by atoms with Crippen LogP contribution in [0, 0.1) is 5.82 Å². The molecule has 1 aliphatic heterocycles. The van der Waals surface area contributed by atoms with Crippen LogP contribution in [0.3, 0.4) is 0 Å². The van der Waals surface area contributed by atoms with Crippen LogP contribution in [0.25, 0.3) is 10.2 Å². The molecule has 0 aliphatic carbocycles. The zero-order valence-corrected chi connectivity index (χ0v) is 17.9. The van der Waals surface area contributed by atoms with Crippen molar-refractivity contribution in [3.8, 4) is 0 Å². The second-order valence-corrected chi connectivity index (χ2v) is 11.6. The molecular weight excluding hydrogens is 437 g/mol. The highest BCUT2D eigenvalue weighted by atomic mass is 32.2. The molecule has 1 aromatic heterocycles. The van der Waals surface area contributed by atoms with Crippen molar-refractivity contribution in [3.63, 3.8) is 0 Å². The van der Waals surface area contributed by atoms with E-state index in [0.717, 1.165) is 23.1 Å². The summed E-state index contributed by atoms with van der Waals surface area (Å²) in [6.07, 6.45) is 1.15. The standard InChI is InChI=1S/C18H18FN3O4S3/c1-28(23,24)16-4-2-3-15-17(16)20-18(27-15)21-9-11-22(12-10-21)29(25,26)14-7-5-13(19)6-8-14/h2-8H,9-12H2,1H3. The van der Waals surface area contributed by atoms with Gasteiger partial charge in [-0.05, 0) is 36.4 Å². The summed E-state index contributed by atoms with van der Waals surface area (Å²) < 4.78 is 64.7. The fourth-order valence-electron chi connectivity index (χ4n) is 3.22. The first-order chi connectivity index (χ1) is 13.7. The highest BCUT2D eigenvalue weighted by Crippen LogP contribution is 2.33. The molecule has 4 rings (SSSR count). The number of anilines is 1. The highest BCUT2D eigenvalue weighted by molar-refractivity contribution is 7.91. The summed E-state index contributed by atoms with van der Waals surface area (Å²) in [4.78, 5) is 6.72. The quantitative estimate of drug-likeness (QED) is 0.600. The molecule has 2 aromatic carbocycles. The number of benzene rings is 2. The van der Waals surface area contributed by atoms with Crippen LogP contribution >= 0.6 is 11.3 Å². The predicted octanol–water partition coefficient (Wildman–Crippen LogP) is 2.35. The van der Waals surface area contributed by atoms with Gasteiger partial charge in [0.25, 0.3) is 0 Å². The Balaban J connectivity index is 1.55. The minimum absolute atomic E-state index is 0.0603. The number of halogens is 1. The Morgan fingerprint density at radius 3 is 2.24 bits per heavy atom. The van der Waals surface area contributed by atoms with Crippen LogP contribution < -0.4 is 4.90 Å². The molecule has 3 aromatic rings. The van der Waals surface area contributed by atoms with Gasteiger partial charge in [0.05, 0.1) is 14.5 Å². The Bertz CT molecular complexity index is 1260. The molecule has 0 unspecified atom stereocenters. The van der Waals surface area contributed by atoms with Gasteiger partial charge in [0.2, 0.25) is 10.0 Å². The topological polar surface area (TPSA) is 87.7 Å². The molecule has 0 spiro atoms. The van der Waals surface area contributed by atoms with Crippen molar-refractivity contribution in [1.82, 2.24) is 9.29 Å². The minimum Gasteiger partial charge on any atom is -0.345 e. The number of fused-ring (bicyclic) bond motifs is 1. The van der Waals surface area contributed by atoms with Gasteiger partial charge < -0.3 is 4.90 Å². The summed E-state index contributed by atoms with van der Waals surface area (Å²) in [5.41, 5.74) is 0.441. The number of para-hydroxylation sites is 1. The van der Waals surface area contributed by atoms with Gasteiger partial charge >= 0.3 is 0 Å². The monoisotopic (exact) mass is 455 g/mol. The number of sulfone groups is 1. The predicted molar refractivity (Wildman–Crippen MR) is 110 cm³/mol. The number of hydrogen-bond donors (Lipinski definition) is 0. The SMILES string of the molecule is CS(=O)(=O)c1cccc2sc(N3CCN(S(=O)(=O)c4ccc(F)cc4)CC3)nc12. The normalized spacial score (nSPS) is 16.4. The van der Waals surface area contributed by atoms with Crippen molar-refractivity contribution in [2.75, 3.05) is 37.3 Å². The summed E-state index contributed by atoms with van der Waals surface area (Å²) in [5.74, 6) is -0.488. The lowest BCUT2D eigenvalue weighted by molar-refractivity contribution is 0.384. The third-order valence-electron chi connectivity index (χ3n) is 4.73. The van der Waals surface area contributed by atoms with E-state index >= 15 is 0 Å². The average Bonchev–Trinajstić information content (AvgIpc) is 3.12. The summed E-state index contributed by atoms with van der Waals surface area (Å²) >= 11 is 1.38. The second-order valence-electron chi connectivity index (χ2n) is 6.72. The Kier molecular flexibility index (Phi) is 5.09. The molecule has 1 fully saturated rings. The number of piperazine rings is 1. The lowest BCUT2D eigenvalue weighted by Crippen LogP contribution is -2.48. The van der Waals surface area contributed by atoms with E-state index in [9.17, 15) is 21.2 Å². The first-order valence-corrected chi connectivity index (χ1v) is 12.9. The van der Waals surface area contributed by atoms with Crippen LogP contribution in [0.4, 0.5) is 9.52 Å². The van der Waals surface area contributed by atoms with Gasteiger partial charge in [-0.2, -0.15) is 4.31 Å². The van der Waals surface area contributed by atoms with E-state index in [1.165, 1.54) is 33.8 Å². The molecule has 1 saturated heterocycles. The Morgan fingerprint density at radius 1 is 0.966 bits per heavy atom. The molecule has 0 saturated carbocycles. The van der Waals surface area contributed by atoms with Gasteiger partial charge in [0.15, 0.2) is 15.0 Å². The van der Waals surface area contributed by atoms with Gasteiger partial charge in [-0.15, -0.1) is 0 Å². The highest BCUT2D eigenvalue weighted by Gasteiger charge is 2.29. The molecule has 29 heavy (non-hydrogen) atoms. The maximum Gasteiger partial charge on any atom is 0.243 e. The zero-order valence-electron chi connectivity index (χ0n) is 15.4. The molecule has 2 heterocycles. The van der Waals surface area contributed by atoms with Crippen LogP contribution in [0.15, 0.2) is 52.3 Å². The fraction of sp³-hybridized carbons (Fsp3) is 0.278. The van der Waals surface area contributed by atoms with E-state index in [1.54, 1.807) is 6.07 Å². The van der Waals surface area contributed by atoms with Crippen LogP contribution in [0.5, 0.6) is 0 Å². The maximum atomic E-state index is 13.1. The smallest absolute Gasteiger partial charge is 0.243 e. The van der Waals surface area contributed by atoms with Crippen LogP contribution in [0.2, 0.25) is 0 Å². The Hall–Kier alpha value is -2.08. The van der Waals surface area contributed by atoms with Gasteiger partial charge in [0, 0.05) is 32.4 Å². The molecule has 0 N–H and O–H groups in total. The van der Waals surface area contributed by atoms with Crippen molar-refractivity contribution in [3.05, 3.63) is 48.3 Å². The number of rotatable bonds is 4. The zero-order chi connectivity index (χ0) is 20.8. The number of nitrogens with zero attached hydrogens (tertiary/aromatic N) is 3. The largest absolute Gasteiger partial charge is 0.345 e. The van der Waals surface area contributed by atoms with Gasteiger partial charge in [-0.25, -0.2) is 26.2 Å². The van der Waals surface area contributed by atoms with Crippen LogP contribution in [0.1, 0.15) is 0 Å². The summed E-state index contributed by atoms with van der Waals surface area (Å²) in [6.45, 7) is 1.37. The first kappa shape index (κ1) is 20.2. The molecule has 0 bridgehead atoms. The van der Waals surface area contributed by atoms with Gasteiger partial charge in [0.1, 0.15) is 11.3 Å². The molecular formula is C18H18FN3O4S3. The van der Waals surface area contributed by atoms with Crippen molar-refractivity contribution >= 4 is 46.5 Å². The van der Waals surface area contributed by atoms with E-state index < -0.39 is 25.7 Å². The summed E-state index contributed by atoms with van der Waals surface area (Å²) in [6, 6.07) is 9.82. The lowest BCUT2D eigenvalue weighted by atomic mass is 10.3. The van der Waals surface area contributed by atoms with Gasteiger partial charge in [-0.3, -0.25) is 0 Å². The molecule has 0 amide bonds. The maximum absolute atomic E-state index is 13.1. The van der Waals surface area contributed by atoms with Crippen molar-refractivity contribution in [1.29, 1.82) is 0 Å². The van der Waals surface area contributed by atoms with Gasteiger partial charge in [-0.1, -0.05) is 17.4 Å². The first-order valence-electron chi connectivity index (χ1n) is 8.76. The average molecular weight is 456 g/mol. The third-order valence-corrected chi connectivity index (χ3v) is 8.85. The van der Waals surface area contributed by atoms with Crippen molar-refractivity contribution < 1.29 is 21.2 Å². The lowest BCUT2D eigenvalue weighted by Gasteiger charge is -2.33. The Morgan fingerprint density at radius 2 is 1.62 bits per heavy atom. The van der Waals surface area contributed by atoms with Crippen LogP contribution in [-0.4, -0.2) is 58.6 Å². The van der Waals surface area contributed by atoms with E-state index in [4.69, 9.17) is 0 Å². The number of sulfonamides is 1. The van der Waals surface area contributed by atoms with E-state index in [0.29, 0.717) is 23.7 Å². The van der Waals surface area contributed by atoms with E-state index in [-0.39, 0.29) is 22.9 Å². The van der Waals surface area contributed by atoms with E-state index in [1.807, 2.05) is 11.0 Å². The molecule has 11 heteroatoms. The van der Waals surface area contributed by atoms with Crippen LogP contribution in [-0.2, 0) is 19.9 Å². The molecule has 7 nitrogen and oxygen atoms in total. The number of thiazole rings is 1. The van der Waals surface area contributed by atoms with Crippen molar-refractivity contribution in [2.45, 2.75) is 9.79 Å². The molecule has 1 aliphatic rings. The second kappa shape index (κ2) is 7.31. The molecule has 0 radical (unpaired) electrons. The summed E-state index contributed by atoms with van der Waals surface area (Å²) in [7, 11) is -7.09. The van der Waals surface area contributed by atoms with E-state index in [2.05, 4.69) is 4.98 Å². The Labute approximate surface area is 172 Å². The summed E-state index contributed by atoms with van der Waals surface area (Å²) in [5, 5.41) is 0.662. The fourth-order valence-corrected chi connectivity index (χ4v) is 6.58. The number of aromatic nitrogens is 1. The minimum atomic E-state index is -3.69. The van der Waals surface area contributed by atoms with Crippen molar-refractivity contribution in [2.24, 2.45) is 0 Å².